The van der Waals surface area contributed by atoms with Crippen LogP contribution in [0.4, 0.5) is 0 Å². The number of carboxylic acid groups (broad SMARTS) is 1. The minimum atomic E-state index is -1.05. The molecule has 1 aromatic heterocycles. The summed E-state index contributed by atoms with van der Waals surface area (Å²) in [7, 11) is 0. The first-order valence-corrected chi connectivity index (χ1v) is 3.98. The van der Waals surface area contributed by atoms with Crippen molar-refractivity contribution in [1.82, 2.24) is 4.98 Å². The molecule has 2 N–H and O–H groups in total. The van der Waals surface area contributed by atoms with Gasteiger partial charge in [-0.25, -0.2) is 4.98 Å². The Bertz CT molecular complexity index is 299. The van der Waals surface area contributed by atoms with E-state index in [9.17, 15) is 9.90 Å². The fraction of sp³-hybridized carbons (Fsp3) is 0.250. The van der Waals surface area contributed by atoms with Gasteiger partial charge < -0.3 is 10.2 Å². The fourth-order valence-electron chi connectivity index (χ4n) is 0.868. The molecule has 70 valence electrons. The average molecular weight is 202 g/mol. The number of rotatable bonds is 3. The molecule has 0 aliphatic rings. The van der Waals surface area contributed by atoms with Gasteiger partial charge in [0.15, 0.2) is 0 Å². The maximum Gasteiger partial charge on any atom is 0.306 e. The molecule has 0 saturated heterocycles. The van der Waals surface area contributed by atoms with E-state index in [-0.39, 0.29) is 6.42 Å². The number of aliphatic carboxylic acids is 1. The Hall–Kier alpha value is -1.13. The van der Waals surface area contributed by atoms with Crippen molar-refractivity contribution in [2.75, 3.05) is 0 Å². The third kappa shape index (κ3) is 3.01. The van der Waals surface area contributed by atoms with Gasteiger partial charge in [-0.2, -0.15) is 0 Å². The molecule has 1 rings (SSSR count). The highest BCUT2D eigenvalue weighted by Crippen LogP contribution is 2.16. The molecule has 1 unspecified atom stereocenters. The normalized spacial score (nSPS) is 12.5. The highest BCUT2D eigenvalue weighted by molar-refractivity contribution is 6.29. The topological polar surface area (TPSA) is 70.4 Å². The molecule has 0 spiro atoms. The number of carboxylic acids is 1. The van der Waals surface area contributed by atoms with Crippen molar-refractivity contribution >= 4 is 17.6 Å². The Labute approximate surface area is 79.8 Å². The van der Waals surface area contributed by atoms with Crippen molar-refractivity contribution in [3.8, 4) is 0 Å². The van der Waals surface area contributed by atoms with Crippen molar-refractivity contribution < 1.29 is 15.0 Å². The van der Waals surface area contributed by atoms with E-state index in [0.717, 1.165) is 0 Å². The molecule has 0 amide bonds. The predicted molar refractivity (Wildman–Crippen MR) is 46.5 cm³/mol. The molecule has 0 aliphatic heterocycles. The Kier molecular flexibility index (Phi) is 3.22. The van der Waals surface area contributed by atoms with Gasteiger partial charge in [-0.05, 0) is 11.6 Å². The maximum absolute atomic E-state index is 10.2. The second kappa shape index (κ2) is 4.20. The number of nitrogens with zero attached hydrogens (tertiary/aromatic N) is 1. The third-order valence-corrected chi connectivity index (χ3v) is 1.73. The van der Waals surface area contributed by atoms with Crippen LogP contribution in [0.1, 0.15) is 18.1 Å². The van der Waals surface area contributed by atoms with Gasteiger partial charge in [0.05, 0.1) is 12.5 Å². The number of hydrogen-bond donors (Lipinski definition) is 2. The quantitative estimate of drug-likeness (QED) is 0.722. The summed E-state index contributed by atoms with van der Waals surface area (Å²) in [6.07, 6.45) is 0.00136. The minimum Gasteiger partial charge on any atom is -0.481 e. The Morgan fingerprint density at radius 1 is 1.62 bits per heavy atom. The smallest absolute Gasteiger partial charge is 0.306 e. The molecule has 1 aromatic rings. The van der Waals surface area contributed by atoms with Crippen LogP contribution >= 0.6 is 11.6 Å². The zero-order valence-corrected chi connectivity index (χ0v) is 7.40. The predicted octanol–water partition coefficient (Wildman–Crippen LogP) is 1.24. The Morgan fingerprint density at radius 3 is 2.77 bits per heavy atom. The zero-order chi connectivity index (χ0) is 9.84. The molecular weight excluding hydrogens is 194 g/mol. The standard InChI is InChI=1S/C8H8ClNO3/c9-7-2-1-5(4-10-7)6(11)3-8(12)13/h1-2,4,6,11H,3H2,(H,12,13). The van der Waals surface area contributed by atoms with Gasteiger partial charge in [0.2, 0.25) is 0 Å². The lowest BCUT2D eigenvalue weighted by atomic mass is 10.1. The van der Waals surface area contributed by atoms with E-state index in [4.69, 9.17) is 16.7 Å². The lowest BCUT2D eigenvalue weighted by Gasteiger charge is -2.06. The summed E-state index contributed by atoms with van der Waals surface area (Å²) >= 11 is 5.51. The van der Waals surface area contributed by atoms with Crippen molar-refractivity contribution in [2.45, 2.75) is 12.5 Å². The number of halogens is 1. The van der Waals surface area contributed by atoms with Crippen LogP contribution in [0.3, 0.4) is 0 Å². The molecule has 1 atom stereocenters. The molecular formula is C8H8ClNO3. The fourth-order valence-corrected chi connectivity index (χ4v) is 0.979. The Balaban J connectivity index is 2.71. The van der Waals surface area contributed by atoms with Crippen LogP contribution in [-0.4, -0.2) is 21.2 Å². The van der Waals surface area contributed by atoms with Crippen LogP contribution in [0.5, 0.6) is 0 Å². The van der Waals surface area contributed by atoms with Gasteiger partial charge in [-0.1, -0.05) is 17.7 Å². The summed E-state index contributed by atoms with van der Waals surface area (Å²) in [6, 6.07) is 3.05. The minimum absolute atomic E-state index is 0.311. The van der Waals surface area contributed by atoms with E-state index in [1.807, 2.05) is 0 Å². The number of pyridine rings is 1. The van der Waals surface area contributed by atoms with Crippen molar-refractivity contribution in [1.29, 1.82) is 0 Å². The number of aromatic nitrogens is 1. The van der Waals surface area contributed by atoms with Crippen LogP contribution in [0.25, 0.3) is 0 Å². The van der Waals surface area contributed by atoms with Gasteiger partial charge in [0, 0.05) is 6.20 Å². The SMILES string of the molecule is O=C(O)CC(O)c1ccc(Cl)nc1. The molecule has 0 aliphatic carbocycles. The highest BCUT2D eigenvalue weighted by Gasteiger charge is 2.11. The first kappa shape index (κ1) is 9.95. The summed E-state index contributed by atoms with van der Waals surface area (Å²) < 4.78 is 0. The van der Waals surface area contributed by atoms with Crippen molar-refractivity contribution in [3.05, 3.63) is 29.0 Å². The van der Waals surface area contributed by atoms with E-state index in [2.05, 4.69) is 4.98 Å². The zero-order valence-electron chi connectivity index (χ0n) is 6.64. The largest absolute Gasteiger partial charge is 0.481 e. The van der Waals surface area contributed by atoms with Crippen LogP contribution in [-0.2, 0) is 4.79 Å². The second-order valence-corrected chi connectivity index (χ2v) is 2.92. The molecule has 0 radical (unpaired) electrons. The van der Waals surface area contributed by atoms with Crippen molar-refractivity contribution in [3.63, 3.8) is 0 Å². The summed E-state index contributed by atoms with van der Waals surface area (Å²) in [5.41, 5.74) is 0.451. The lowest BCUT2D eigenvalue weighted by Crippen LogP contribution is -2.05. The molecule has 1 heterocycles. The average Bonchev–Trinajstić information content (AvgIpc) is 2.04. The van der Waals surface area contributed by atoms with Gasteiger partial charge in [-0.3, -0.25) is 4.79 Å². The van der Waals surface area contributed by atoms with E-state index < -0.39 is 12.1 Å². The molecule has 0 bridgehead atoms. The number of aliphatic hydroxyl groups excluding tert-OH is 1. The maximum atomic E-state index is 10.2. The monoisotopic (exact) mass is 201 g/mol. The highest BCUT2D eigenvalue weighted by atomic mass is 35.5. The first-order valence-electron chi connectivity index (χ1n) is 3.61. The van der Waals surface area contributed by atoms with Crippen LogP contribution < -0.4 is 0 Å². The Morgan fingerprint density at radius 2 is 2.31 bits per heavy atom. The van der Waals surface area contributed by atoms with Gasteiger partial charge in [0.1, 0.15) is 5.15 Å². The van der Waals surface area contributed by atoms with Crippen LogP contribution in [0.15, 0.2) is 18.3 Å². The van der Waals surface area contributed by atoms with E-state index >= 15 is 0 Å². The first-order chi connectivity index (χ1) is 6.09. The molecule has 0 fully saturated rings. The summed E-state index contributed by atoms with van der Waals surface area (Å²) in [4.78, 5) is 14.0. The van der Waals surface area contributed by atoms with Gasteiger partial charge in [0.25, 0.3) is 0 Å². The molecule has 13 heavy (non-hydrogen) atoms. The molecule has 0 saturated carbocycles. The van der Waals surface area contributed by atoms with Crippen LogP contribution in [0.2, 0.25) is 5.15 Å². The third-order valence-electron chi connectivity index (χ3n) is 1.50. The van der Waals surface area contributed by atoms with Crippen molar-refractivity contribution in [2.24, 2.45) is 0 Å². The number of aliphatic hydroxyl groups is 1. The molecule has 0 aromatic carbocycles. The van der Waals surface area contributed by atoms with E-state index in [0.29, 0.717) is 10.7 Å². The summed E-state index contributed by atoms with van der Waals surface area (Å²) in [5.74, 6) is -1.05. The van der Waals surface area contributed by atoms with Gasteiger partial charge >= 0.3 is 5.97 Å². The molecule has 4 nitrogen and oxygen atoms in total. The number of carbonyl (C=O) groups is 1. The lowest BCUT2D eigenvalue weighted by molar-refractivity contribution is -0.139. The van der Waals surface area contributed by atoms with Gasteiger partial charge in [-0.15, -0.1) is 0 Å². The van der Waals surface area contributed by atoms with E-state index in [1.165, 1.54) is 12.3 Å². The second-order valence-electron chi connectivity index (χ2n) is 2.53. The van der Waals surface area contributed by atoms with Crippen LogP contribution in [0, 0.1) is 0 Å². The summed E-state index contributed by atoms with van der Waals surface area (Å²) in [6.45, 7) is 0. The number of hydrogen-bond acceptors (Lipinski definition) is 3. The van der Waals surface area contributed by atoms with E-state index in [1.54, 1.807) is 6.07 Å². The summed E-state index contributed by atoms with van der Waals surface area (Å²) in [5, 5.41) is 18.0. The molecule has 5 heteroatoms.